The zero-order valence-electron chi connectivity index (χ0n) is 15.5. The highest BCUT2D eigenvalue weighted by Crippen LogP contribution is 2.28. The van der Waals surface area contributed by atoms with E-state index >= 15 is 0 Å². The molecule has 1 aromatic carbocycles. The van der Waals surface area contributed by atoms with E-state index in [1.54, 1.807) is 0 Å². The average molecular weight is 373 g/mol. The number of piperazine rings is 1. The molecule has 4 nitrogen and oxygen atoms in total. The van der Waals surface area contributed by atoms with Crippen LogP contribution in [-0.2, 0) is 0 Å². The maximum atomic E-state index is 6.12. The van der Waals surface area contributed by atoms with Crippen LogP contribution >= 0.6 is 11.6 Å². The van der Waals surface area contributed by atoms with E-state index in [0.717, 1.165) is 36.7 Å². The summed E-state index contributed by atoms with van der Waals surface area (Å²) in [7, 11) is 0. The van der Waals surface area contributed by atoms with Crippen LogP contribution in [0.15, 0.2) is 30.5 Å². The lowest BCUT2D eigenvalue weighted by molar-refractivity contribution is 0.200. The first kappa shape index (κ1) is 18.0. The number of anilines is 1. The highest BCUT2D eigenvalue weighted by Gasteiger charge is 2.19. The lowest BCUT2D eigenvalue weighted by Crippen LogP contribution is -2.48. The smallest absolute Gasteiger partial charge is 0.0737 e. The Bertz CT molecular complexity index is 719. The first-order chi connectivity index (χ1) is 12.8. The Kier molecular flexibility index (Phi) is 5.93. The van der Waals surface area contributed by atoms with E-state index in [4.69, 9.17) is 11.6 Å². The van der Waals surface area contributed by atoms with Crippen LogP contribution in [0.25, 0.3) is 10.9 Å². The third-order valence-corrected chi connectivity index (χ3v) is 6.06. The molecule has 26 heavy (non-hydrogen) atoms. The number of fused-ring (bicyclic) bond motifs is 1. The molecule has 0 saturated carbocycles. The Labute approximate surface area is 161 Å². The van der Waals surface area contributed by atoms with Crippen molar-refractivity contribution in [1.29, 1.82) is 0 Å². The number of pyridine rings is 1. The van der Waals surface area contributed by atoms with Crippen LogP contribution in [0.2, 0.25) is 5.02 Å². The maximum absolute atomic E-state index is 6.12. The van der Waals surface area contributed by atoms with Crippen molar-refractivity contribution in [1.82, 2.24) is 14.8 Å². The minimum absolute atomic E-state index is 0.750. The average Bonchev–Trinajstić information content (AvgIpc) is 2.95. The fourth-order valence-electron chi connectivity index (χ4n) is 4.24. The molecule has 140 valence electrons. The number of hydrogen-bond donors (Lipinski definition) is 0. The van der Waals surface area contributed by atoms with E-state index in [-0.39, 0.29) is 0 Å². The molecule has 2 fully saturated rings. The first-order valence-electron chi connectivity index (χ1n) is 10.0. The molecular formula is C21H29ClN4. The third-order valence-electron chi connectivity index (χ3n) is 5.83. The minimum Gasteiger partial charge on any atom is -0.368 e. The van der Waals surface area contributed by atoms with Gasteiger partial charge in [-0.25, -0.2) is 0 Å². The number of benzene rings is 1. The van der Waals surface area contributed by atoms with Crippen LogP contribution in [0.4, 0.5) is 5.69 Å². The highest BCUT2D eigenvalue weighted by molar-refractivity contribution is 6.31. The molecule has 3 heterocycles. The number of likely N-dealkylation sites (tertiary alicyclic amines) is 1. The van der Waals surface area contributed by atoms with Crippen molar-refractivity contribution < 1.29 is 0 Å². The Morgan fingerprint density at radius 1 is 0.808 bits per heavy atom. The van der Waals surface area contributed by atoms with Gasteiger partial charge in [0.1, 0.15) is 0 Å². The van der Waals surface area contributed by atoms with Crippen LogP contribution in [0.1, 0.15) is 25.7 Å². The van der Waals surface area contributed by atoms with Gasteiger partial charge in [-0.2, -0.15) is 0 Å². The summed E-state index contributed by atoms with van der Waals surface area (Å²) in [6.45, 7) is 9.49. The molecule has 0 spiro atoms. The number of aromatic nitrogens is 1. The molecule has 2 saturated heterocycles. The van der Waals surface area contributed by atoms with Gasteiger partial charge in [0.15, 0.2) is 0 Å². The topological polar surface area (TPSA) is 22.6 Å². The molecule has 0 aliphatic carbocycles. The van der Waals surface area contributed by atoms with Crippen LogP contribution in [0, 0.1) is 0 Å². The lowest BCUT2D eigenvalue weighted by Gasteiger charge is -2.37. The summed E-state index contributed by atoms with van der Waals surface area (Å²) >= 11 is 6.12. The molecule has 0 bridgehead atoms. The van der Waals surface area contributed by atoms with Crippen molar-refractivity contribution in [2.24, 2.45) is 0 Å². The number of halogens is 1. The van der Waals surface area contributed by atoms with Crippen LogP contribution < -0.4 is 4.90 Å². The van der Waals surface area contributed by atoms with Crippen LogP contribution in [-0.4, -0.2) is 67.1 Å². The van der Waals surface area contributed by atoms with Gasteiger partial charge >= 0.3 is 0 Å². The quantitative estimate of drug-likeness (QED) is 0.812. The standard InChI is InChI=1S/C21H29ClN4/c22-18-5-6-19-20(17-18)23-8-7-21(19)26-15-13-25(14-16-26)12-11-24-9-3-1-2-4-10-24/h5-8,17H,1-4,9-16H2. The third kappa shape index (κ3) is 4.30. The van der Waals surface area contributed by atoms with Gasteiger partial charge in [0.25, 0.3) is 0 Å². The second kappa shape index (κ2) is 8.55. The molecule has 2 aliphatic rings. The zero-order valence-corrected chi connectivity index (χ0v) is 16.3. The first-order valence-corrected chi connectivity index (χ1v) is 10.4. The molecule has 5 heteroatoms. The van der Waals surface area contributed by atoms with Gasteiger partial charge in [-0.3, -0.25) is 9.88 Å². The van der Waals surface area contributed by atoms with Crippen molar-refractivity contribution in [3.8, 4) is 0 Å². The van der Waals surface area contributed by atoms with Gasteiger partial charge in [-0.15, -0.1) is 0 Å². The SMILES string of the molecule is Clc1ccc2c(N3CCN(CCN4CCCCCC4)CC3)ccnc2c1. The Morgan fingerprint density at radius 2 is 1.50 bits per heavy atom. The van der Waals surface area contributed by atoms with Gasteiger partial charge in [0, 0.05) is 61.6 Å². The van der Waals surface area contributed by atoms with E-state index in [0.29, 0.717) is 0 Å². The molecule has 0 atom stereocenters. The Hall–Kier alpha value is -1.36. The summed E-state index contributed by atoms with van der Waals surface area (Å²) < 4.78 is 0. The monoisotopic (exact) mass is 372 g/mol. The summed E-state index contributed by atoms with van der Waals surface area (Å²) in [5, 5.41) is 1.95. The molecule has 0 unspecified atom stereocenters. The summed E-state index contributed by atoms with van der Waals surface area (Å²) in [6, 6.07) is 8.17. The summed E-state index contributed by atoms with van der Waals surface area (Å²) in [6.07, 6.45) is 7.50. The van der Waals surface area contributed by atoms with Crippen molar-refractivity contribution in [2.45, 2.75) is 25.7 Å². The summed E-state index contributed by atoms with van der Waals surface area (Å²) in [5.41, 5.74) is 2.28. The fourth-order valence-corrected chi connectivity index (χ4v) is 4.40. The molecule has 0 radical (unpaired) electrons. The Balaban J connectivity index is 1.33. The predicted octanol–water partition coefficient (Wildman–Crippen LogP) is 3.89. The maximum Gasteiger partial charge on any atom is 0.0737 e. The second-order valence-electron chi connectivity index (χ2n) is 7.58. The molecule has 0 N–H and O–H groups in total. The van der Waals surface area contributed by atoms with Crippen molar-refractivity contribution in [3.63, 3.8) is 0 Å². The van der Waals surface area contributed by atoms with Gasteiger partial charge in [0.2, 0.25) is 0 Å². The zero-order chi connectivity index (χ0) is 17.8. The van der Waals surface area contributed by atoms with E-state index in [9.17, 15) is 0 Å². The van der Waals surface area contributed by atoms with Gasteiger partial charge in [0.05, 0.1) is 5.52 Å². The van der Waals surface area contributed by atoms with Gasteiger partial charge in [-0.1, -0.05) is 24.4 Å². The molecule has 2 aromatic rings. The molecular weight excluding hydrogens is 344 g/mol. The number of hydrogen-bond acceptors (Lipinski definition) is 4. The van der Waals surface area contributed by atoms with Crippen molar-refractivity contribution in [3.05, 3.63) is 35.5 Å². The fraction of sp³-hybridized carbons (Fsp3) is 0.571. The van der Waals surface area contributed by atoms with E-state index in [1.165, 1.54) is 62.9 Å². The number of rotatable bonds is 4. The lowest BCUT2D eigenvalue weighted by atomic mass is 10.1. The van der Waals surface area contributed by atoms with Crippen molar-refractivity contribution in [2.75, 3.05) is 57.3 Å². The van der Waals surface area contributed by atoms with Crippen molar-refractivity contribution >= 4 is 28.2 Å². The molecule has 1 aromatic heterocycles. The normalized spacial score (nSPS) is 20.4. The van der Waals surface area contributed by atoms with E-state index in [2.05, 4.69) is 31.8 Å². The second-order valence-corrected chi connectivity index (χ2v) is 8.01. The molecule has 4 rings (SSSR count). The van der Waals surface area contributed by atoms with Crippen LogP contribution in [0.3, 0.4) is 0 Å². The summed E-state index contributed by atoms with van der Waals surface area (Å²) in [4.78, 5) is 12.3. The molecule has 2 aliphatic heterocycles. The minimum atomic E-state index is 0.750. The van der Waals surface area contributed by atoms with E-state index in [1.807, 2.05) is 18.3 Å². The summed E-state index contributed by atoms with van der Waals surface area (Å²) in [5.74, 6) is 0. The largest absolute Gasteiger partial charge is 0.368 e. The van der Waals surface area contributed by atoms with Gasteiger partial charge < -0.3 is 9.80 Å². The number of nitrogens with zero attached hydrogens (tertiary/aromatic N) is 4. The highest BCUT2D eigenvalue weighted by atomic mass is 35.5. The van der Waals surface area contributed by atoms with Crippen LogP contribution in [0.5, 0.6) is 0 Å². The molecule has 0 amide bonds. The predicted molar refractivity (Wildman–Crippen MR) is 110 cm³/mol. The van der Waals surface area contributed by atoms with Gasteiger partial charge in [-0.05, 0) is 50.2 Å². The Morgan fingerprint density at radius 3 is 2.23 bits per heavy atom. The van der Waals surface area contributed by atoms with E-state index < -0.39 is 0 Å².